The van der Waals surface area contributed by atoms with E-state index in [1.807, 2.05) is 4.90 Å². The molecule has 0 radical (unpaired) electrons. The summed E-state index contributed by atoms with van der Waals surface area (Å²) in [6, 6.07) is 4.89. The van der Waals surface area contributed by atoms with Crippen LogP contribution in [0.2, 0.25) is 0 Å². The average Bonchev–Trinajstić information content (AvgIpc) is 2.73. The Hall–Kier alpha value is -3.61. The van der Waals surface area contributed by atoms with E-state index in [4.69, 9.17) is 11.3 Å². The molecule has 1 N–H and O–H groups in total. The minimum Gasteiger partial charge on any atom is -0.444 e. The van der Waals surface area contributed by atoms with Crippen molar-refractivity contribution >= 4 is 17.6 Å². The van der Waals surface area contributed by atoms with E-state index in [9.17, 15) is 18.8 Å². The summed E-state index contributed by atoms with van der Waals surface area (Å²) in [5.41, 5.74) is -1.10. The summed E-state index contributed by atoms with van der Waals surface area (Å²) >= 11 is 0. The smallest absolute Gasteiger partial charge is 0.407 e. The lowest BCUT2D eigenvalue weighted by Crippen LogP contribution is -2.51. The number of halogens is 1. The van der Waals surface area contributed by atoms with E-state index in [-0.39, 0.29) is 18.3 Å². The minimum absolute atomic E-state index is 0.0710. The summed E-state index contributed by atoms with van der Waals surface area (Å²) in [5, 5.41) is 2.85. The molecule has 0 unspecified atom stereocenters. The van der Waals surface area contributed by atoms with Crippen LogP contribution in [0.5, 0.6) is 0 Å². The summed E-state index contributed by atoms with van der Waals surface area (Å²) in [4.78, 5) is 42.9. The van der Waals surface area contributed by atoms with Gasteiger partial charge in [-0.3, -0.25) is 13.9 Å². The van der Waals surface area contributed by atoms with Gasteiger partial charge in [0.15, 0.2) is 5.69 Å². The molecule has 10 heteroatoms. The molecular formula is C23H28FN5O4. The molecule has 1 amide bonds. The van der Waals surface area contributed by atoms with Gasteiger partial charge < -0.3 is 15.0 Å². The van der Waals surface area contributed by atoms with Crippen LogP contribution in [-0.4, -0.2) is 40.0 Å². The van der Waals surface area contributed by atoms with Gasteiger partial charge in [0, 0.05) is 38.8 Å². The Morgan fingerprint density at radius 1 is 1.30 bits per heavy atom. The maximum atomic E-state index is 13.9. The number of aromatic nitrogens is 2. The van der Waals surface area contributed by atoms with E-state index in [1.165, 1.54) is 35.9 Å². The molecule has 9 nitrogen and oxygen atoms in total. The molecule has 0 bridgehead atoms. The number of anilines is 1. The first-order valence-corrected chi connectivity index (χ1v) is 10.7. The fourth-order valence-electron chi connectivity index (χ4n) is 3.81. The number of ether oxygens (including phenoxy) is 1. The van der Waals surface area contributed by atoms with E-state index in [0.29, 0.717) is 24.5 Å². The summed E-state index contributed by atoms with van der Waals surface area (Å²) in [5.74, 6) is -0.157. The van der Waals surface area contributed by atoms with Crippen LogP contribution in [0.25, 0.3) is 4.85 Å². The van der Waals surface area contributed by atoms with Gasteiger partial charge in [0.2, 0.25) is 0 Å². The van der Waals surface area contributed by atoms with E-state index in [2.05, 4.69) is 10.2 Å². The minimum atomic E-state index is -0.629. The highest BCUT2D eigenvalue weighted by Crippen LogP contribution is 2.24. The van der Waals surface area contributed by atoms with Crippen LogP contribution >= 0.6 is 0 Å². The lowest BCUT2D eigenvalue weighted by molar-refractivity contribution is 0.0500. The summed E-state index contributed by atoms with van der Waals surface area (Å²) in [6.45, 7) is 13.6. The molecule has 176 valence electrons. The number of carbonyl (C=O) groups is 1. The van der Waals surface area contributed by atoms with Crippen molar-refractivity contribution in [3.05, 3.63) is 67.9 Å². The van der Waals surface area contributed by atoms with Gasteiger partial charge in [-0.1, -0.05) is 6.07 Å². The Morgan fingerprint density at radius 3 is 2.70 bits per heavy atom. The van der Waals surface area contributed by atoms with Crippen LogP contribution in [0.15, 0.2) is 33.9 Å². The number of alkyl carbamates (subject to hydrolysis) is 1. The lowest BCUT2D eigenvalue weighted by Gasteiger charge is -2.36. The number of nitrogens with zero attached hydrogens (tertiary/aromatic N) is 4. The molecule has 1 aromatic heterocycles. The number of rotatable bonds is 4. The van der Waals surface area contributed by atoms with Gasteiger partial charge in [-0.2, -0.15) is 0 Å². The van der Waals surface area contributed by atoms with Crippen molar-refractivity contribution in [2.75, 3.05) is 18.0 Å². The van der Waals surface area contributed by atoms with E-state index in [1.54, 1.807) is 20.8 Å². The SMILES string of the molecule is [C-]#[N+]c1ccc(F)cc1Cn1c(N2CCC[C@@H](NC(=O)OC(C)(C)C)C2)cc(=O)n(C)c1=O. The normalized spacial score (nSPS) is 16.2. The lowest BCUT2D eigenvalue weighted by atomic mass is 10.1. The zero-order valence-electron chi connectivity index (χ0n) is 19.2. The molecule has 0 aliphatic carbocycles. The molecule has 1 aliphatic rings. The molecular weight excluding hydrogens is 429 g/mol. The summed E-state index contributed by atoms with van der Waals surface area (Å²) in [6.07, 6.45) is 0.908. The van der Waals surface area contributed by atoms with Gasteiger partial charge in [0.1, 0.15) is 17.2 Å². The van der Waals surface area contributed by atoms with Gasteiger partial charge in [-0.05, 0) is 51.3 Å². The maximum Gasteiger partial charge on any atom is 0.407 e. The highest BCUT2D eigenvalue weighted by Gasteiger charge is 2.26. The Kier molecular flexibility index (Phi) is 6.91. The number of hydrogen-bond donors (Lipinski definition) is 1. The third-order valence-electron chi connectivity index (χ3n) is 5.33. The molecule has 2 heterocycles. The first kappa shape index (κ1) is 24.0. The van der Waals surface area contributed by atoms with Gasteiger partial charge in [0.25, 0.3) is 5.56 Å². The summed E-state index contributed by atoms with van der Waals surface area (Å²) in [7, 11) is 1.37. The largest absolute Gasteiger partial charge is 0.444 e. The Labute approximate surface area is 191 Å². The van der Waals surface area contributed by atoms with Gasteiger partial charge >= 0.3 is 11.8 Å². The van der Waals surface area contributed by atoms with Gasteiger partial charge in [-0.25, -0.2) is 18.8 Å². The van der Waals surface area contributed by atoms with Crippen molar-refractivity contribution in [1.29, 1.82) is 0 Å². The molecule has 1 aliphatic heterocycles. The average molecular weight is 458 g/mol. The molecule has 33 heavy (non-hydrogen) atoms. The number of amides is 1. The van der Waals surface area contributed by atoms with Gasteiger partial charge in [0.05, 0.1) is 6.57 Å². The second kappa shape index (κ2) is 9.48. The number of nitrogens with one attached hydrogen (secondary N) is 1. The zero-order valence-corrected chi connectivity index (χ0v) is 19.2. The zero-order chi connectivity index (χ0) is 24.3. The number of hydrogen-bond acceptors (Lipinski definition) is 5. The first-order valence-electron chi connectivity index (χ1n) is 10.7. The standard InChI is InChI=1S/C23H28FN5O4/c1-23(2,3)33-21(31)26-17-7-6-10-28(14-17)19-12-20(30)27(5)22(32)29(19)13-15-11-16(24)8-9-18(15)25-4/h8-9,11-12,17H,6-7,10,13-14H2,1-3,5H3,(H,26,31)/t17-/m1/s1. The van der Waals surface area contributed by atoms with Crippen LogP contribution in [0, 0.1) is 12.4 Å². The summed E-state index contributed by atoms with van der Waals surface area (Å²) < 4.78 is 21.5. The van der Waals surface area contributed by atoms with Crippen molar-refractivity contribution in [1.82, 2.24) is 14.5 Å². The van der Waals surface area contributed by atoms with Crippen molar-refractivity contribution in [3.63, 3.8) is 0 Å². The Balaban J connectivity index is 1.94. The number of carbonyl (C=O) groups excluding carboxylic acids is 1. The third kappa shape index (κ3) is 5.80. The van der Waals surface area contributed by atoms with Crippen molar-refractivity contribution in [2.24, 2.45) is 7.05 Å². The van der Waals surface area contributed by atoms with Gasteiger partial charge in [-0.15, -0.1) is 0 Å². The van der Waals surface area contributed by atoms with Crippen LogP contribution in [0.1, 0.15) is 39.2 Å². The molecule has 0 saturated carbocycles. The van der Waals surface area contributed by atoms with Crippen LogP contribution in [-0.2, 0) is 18.3 Å². The molecule has 1 aromatic carbocycles. The first-order chi connectivity index (χ1) is 15.5. The Bertz CT molecular complexity index is 1210. The predicted molar refractivity (Wildman–Crippen MR) is 122 cm³/mol. The second-order valence-corrected chi connectivity index (χ2v) is 9.08. The molecule has 2 aromatic rings. The fraction of sp³-hybridized carbons (Fsp3) is 0.478. The van der Waals surface area contributed by atoms with Crippen molar-refractivity contribution in [3.8, 4) is 0 Å². The van der Waals surface area contributed by atoms with Crippen molar-refractivity contribution < 1.29 is 13.9 Å². The number of benzene rings is 1. The molecule has 1 atom stereocenters. The molecule has 0 spiro atoms. The predicted octanol–water partition coefficient (Wildman–Crippen LogP) is 2.78. The maximum absolute atomic E-state index is 13.9. The van der Waals surface area contributed by atoms with E-state index < -0.39 is 28.8 Å². The molecule has 1 saturated heterocycles. The van der Waals surface area contributed by atoms with Crippen LogP contribution in [0.3, 0.4) is 0 Å². The highest BCUT2D eigenvalue weighted by atomic mass is 19.1. The molecule has 3 rings (SSSR count). The van der Waals surface area contributed by atoms with Crippen LogP contribution < -0.4 is 21.5 Å². The monoisotopic (exact) mass is 457 g/mol. The number of piperidine rings is 1. The van der Waals surface area contributed by atoms with Crippen molar-refractivity contribution in [2.45, 2.75) is 51.8 Å². The highest BCUT2D eigenvalue weighted by molar-refractivity contribution is 5.68. The third-order valence-corrected chi connectivity index (χ3v) is 5.33. The topological polar surface area (TPSA) is 89.9 Å². The Morgan fingerprint density at radius 2 is 2.03 bits per heavy atom. The van der Waals surface area contributed by atoms with E-state index in [0.717, 1.165) is 17.4 Å². The molecule has 1 fully saturated rings. The quantitative estimate of drug-likeness (QED) is 0.713. The second-order valence-electron chi connectivity index (χ2n) is 9.08. The fourth-order valence-corrected chi connectivity index (χ4v) is 3.81. The van der Waals surface area contributed by atoms with Crippen LogP contribution in [0.4, 0.5) is 20.7 Å². The van der Waals surface area contributed by atoms with E-state index >= 15 is 0 Å².